The van der Waals surface area contributed by atoms with Gasteiger partial charge in [0, 0.05) is 30.6 Å². The molecule has 6 rings (SSSR count). The summed E-state index contributed by atoms with van der Waals surface area (Å²) < 4.78 is 0. The van der Waals surface area contributed by atoms with Gasteiger partial charge in [0.2, 0.25) is 5.91 Å². The van der Waals surface area contributed by atoms with Gasteiger partial charge in [-0.25, -0.2) is 0 Å². The Morgan fingerprint density at radius 1 is 1.10 bits per heavy atom. The first-order valence-corrected chi connectivity index (χ1v) is 11.3. The quantitative estimate of drug-likeness (QED) is 0.759. The van der Waals surface area contributed by atoms with Crippen LogP contribution in [0.5, 0.6) is 0 Å². The zero-order valence-electron chi connectivity index (χ0n) is 17.8. The predicted molar refractivity (Wildman–Crippen MR) is 113 cm³/mol. The maximum atomic E-state index is 13.6. The van der Waals surface area contributed by atoms with E-state index in [9.17, 15) is 9.59 Å². The highest BCUT2D eigenvalue weighted by atomic mass is 16.2. The summed E-state index contributed by atoms with van der Waals surface area (Å²) in [4.78, 5) is 28.6. The maximum absolute atomic E-state index is 13.6. The lowest BCUT2D eigenvalue weighted by Gasteiger charge is -2.61. The predicted octanol–water partition coefficient (Wildman–Crippen LogP) is 3.87. The van der Waals surface area contributed by atoms with Gasteiger partial charge in [-0.05, 0) is 61.5 Å². The molecule has 156 valence electrons. The van der Waals surface area contributed by atoms with Gasteiger partial charge in [-0.3, -0.25) is 9.59 Å². The largest absolute Gasteiger partial charge is 0.362 e. The fourth-order valence-electron chi connectivity index (χ4n) is 6.89. The molecular weight excluding hydrogens is 362 g/mol. The molecule has 2 bridgehead atoms. The number of likely N-dealkylation sites (tertiary alicyclic amines) is 1. The lowest BCUT2D eigenvalue weighted by atomic mass is 9.51. The molecule has 29 heavy (non-hydrogen) atoms. The number of carbonyl (C=O) groups excluding carboxylic acids is 2. The molecule has 2 N–H and O–H groups in total. The zero-order chi connectivity index (χ0) is 20.4. The smallest absolute Gasteiger partial charge is 0.255 e. The molecule has 1 saturated heterocycles. The third-order valence-corrected chi connectivity index (χ3v) is 8.15. The van der Waals surface area contributed by atoms with Gasteiger partial charge in [0.05, 0.1) is 5.56 Å². The molecular formula is C24H33N3O2. The van der Waals surface area contributed by atoms with Crippen LogP contribution in [0, 0.1) is 29.1 Å². The van der Waals surface area contributed by atoms with Crippen molar-refractivity contribution in [2.24, 2.45) is 29.1 Å². The van der Waals surface area contributed by atoms with E-state index in [0.717, 1.165) is 44.5 Å². The molecule has 1 spiro atoms. The third kappa shape index (κ3) is 2.96. The van der Waals surface area contributed by atoms with E-state index in [1.54, 1.807) is 0 Å². The van der Waals surface area contributed by atoms with E-state index in [1.807, 2.05) is 24.3 Å². The first kappa shape index (κ1) is 19.0. The van der Waals surface area contributed by atoms with Crippen molar-refractivity contribution in [3.8, 4) is 0 Å². The number of hydrogen-bond acceptors (Lipinski definition) is 3. The molecule has 5 nitrogen and oxygen atoms in total. The number of para-hydroxylation sites is 1. The van der Waals surface area contributed by atoms with Crippen molar-refractivity contribution in [3.63, 3.8) is 0 Å². The molecule has 4 fully saturated rings. The van der Waals surface area contributed by atoms with Gasteiger partial charge < -0.3 is 15.5 Å². The Hall–Kier alpha value is -2.04. The Balaban J connectivity index is 1.41. The van der Waals surface area contributed by atoms with Crippen molar-refractivity contribution in [2.45, 2.75) is 58.5 Å². The minimum Gasteiger partial charge on any atom is -0.362 e. The second kappa shape index (κ2) is 6.48. The van der Waals surface area contributed by atoms with E-state index >= 15 is 0 Å². The number of benzene rings is 1. The fourth-order valence-corrected chi connectivity index (χ4v) is 6.89. The van der Waals surface area contributed by atoms with Gasteiger partial charge in [0.1, 0.15) is 5.66 Å². The monoisotopic (exact) mass is 395 g/mol. The van der Waals surface area contributed by atoms with Gasteiger partial charge in [-0.1, -0.05) is 32.9 Å². The van der Waals surface area contributed by atoms with Crippen LogP contribution in [0.4, 0.5) is 5.69 Å². The van der Waals surface area contributed by atoms with Crippen LogP contribution >= 0.6 is 0 Å². The van der Waals surface area contributed by atoms with Crippen molar-refractivity contribution in [1.29, 1.82) is 0 Å². The lowest BCUT2D eigenvalue weighted by Crippen LogP contribution is -2.70. The average molecular weight is 396 g/mol. The van der Waals surface area contributed by atoms with Gasteiger partial charge in [0.25, 0.3) is 5.91 Å². The average Bonchev–Trinajstić information content (AvgIpc) is 2.66. The molecule has 3 saturated carbocycles. The number of nitrogens with zero attached hydrogens (tertiary/aromatic N) is 1. The minimum absolute atomic E-state index is 0.0112. The first-order valence-electron chi connectivity index (χ1n) is 11.3. The molecule has 2 amide bonds. The van der Waals surface area contributed by atoms with Crippen molar-refractivity contribution in [1.82, 2.24) is 10.2 Å². The van der Waals surface area contributed by atoms with Crippen LogP contribution in [0.25, 0.3) is 0 Å². The number of carbonyl (C=O) groups is 2. The number of piperidine rings is 1. The van der Waals surface area contributed by atoms with E-state index in [4.69, 9.17) is 0 Å². The molecule has 2 aliphatic heterocycles. The van der Waals surface area contributed by atoms with Crippen LogP contribution in [-0.4, -0.2) is 35.5 Å². The summed E-state index contributed by atoms with van der Waals surface area (Å²) in [6, 6.07) is 7.76. The summed E-state index contributed by atoms with van der Waals surface area (Å²) in [7, 11) is 0. The molecule has 0 unspecified atom stereocenters. The topological polar surface area (TPSA) is 61.4 Å². The highest BCUT2D eigenvalue weighted by Crippen LogP contribution is 2.59. The van der Waals surface area contributed by atoms with E-state index in [1.165, 1.54) is 6.42 Å². The molecule has 0 aromatic heterocycles. The van der Waals surface area contributed by atoms with Crippen molar-refractivity contribution in [2.75, 3.05) is 18.4 Å². The van der Waals surface area contributed by atoms with Gasteiger partial charge in [0.15, 0.2) is 0 Å². The Kier molecular flexibility index (Phi) is 4.24. The molecule has 2 heterocycles. The number of amides is 2. The minimum atomic E-state index is -0.419. The number of hydrogen-bond donors (Lipinski definition) is 2. The number of anilines is 1. The lowest BCUT2D eigenvalue weighted by molar-refractivity contribution is -0.153. The molecule has 6 atom stereocenters. The normalized spacial score (nSPS) is 40.9. The summed E-state index contributed by atoms with van der Waals surface area (Å²) >= 11 is 0. The van der Waals surface area contributed by atoms with Gasteiger partial charge in [-0.15, -0.1) is 0 Å². The summed E-state index contributed by atoms with van der Waals surface area (Å²) in [5, 5.41) is 7.02. The van der Waals surface area contributed by atoms with E-state index in [2.05, 4.69) is 36.3 Å². The summed E-state index contributed by atoms with van der Waals surface area (Å²) in [6.07, 6.45) is 5.02. The Morgan fingerprint density at radius 2 is 1.83 bits per heavy atom. The molecule has 1 aromatic rings. The van der Waals surface area contributed by atoms with Crippen LogP contribution in [0.3, 0.4) is 0 Å². The summed E-state index contributed by atoms with van der Waals surface area (Å²) in [6.45, 7) is 8.59. The van der Waals surface area contributed by atoms with Gasteiger partial charge >= 0.3 is 0 Å². The third-order valence-electron chi connectivity index (χ3n) is 8.15. The number of fused-ring (bicyclic) bond motifs is 3. The highest BCUT2D eigenvalue weighted by Gasteiger charge is 2.60. The Bertz CT molecular complexity index is 844. The standard InChI is InChI=1S/C24H33N3O2/c1-15-10-16(2)13-27(12-15)22(29)19-11-17-8-9-23(19,3)14-24(17)25-20-7-5-4-6-18(20)21(28)26-24/h4-7,15-17,19,25H,8-14H2,1-3H3,(H,26,28)/t15-,16-,17+,19+,23-,24+/m1/s1. The van der Waals surface area contributed by atoms with Crippen molar-refractivity contribution < 1.29 is 9.59 Å². The highest BCUT2D eigenvalue weighted by molar-refractivity contribution is 6.02. The Morgan fingerprint density at radius 3 is 2.55 bits per heavy atom. The summed E-state index contributed by atoms with van der Waals surface area (Å²) in [5.41, 5.74) is 1.14. The fraction of sp³-hybridized carbons (Fsp3) is 0.667. The van der Waals surface area contributed by atoms with Crippen LogP contribution in [-0.2, 0) is 4.79 Å². The van der Waals surface area contributed by atoms with Crippen molar-refractivity contribution >= 4 is 17.5 Å². The zero-order valence-corrected chi connectivity index (χ0v) is 17.8. The van der Waals surface area contributed by atoms with Crippen molar-refractivity contribution in [3.05, 3.63) is 29.8 Å². The molecule has 0 radical (unpaired) electrons. The molecule has 3 aliphatic carbocycles. The maximum Gasteiger partial charge on any atom is 0.255 e. The molecule has 1 aromatic carbocycles. The molecule has 5 aliphatic rings. The molecule has 5 heteroatoms. The van der Waals surface area contributed by atoms with E-state index in [-0.39, 0.29) is 23.2 Å². The number of nitrogens with one attached hydrogen (secondary N) is 2. The van der Waals surface area contributed by atoms with Crippen LogP contribution in [0.1, 0.15) is 63.2 Å². The van der Waals surface area contributed by atoms with Crippen LogP contribution in [0.2, 0.25) is 0 Å². The first-order chi connectivity index (χ1) is 13.8. The second-order valence-electron chi connectivity index (χ2n) is 10.6. The SMILES string of the molecule is C[C@@H]1C[C@@H](C)CN(C(=O)[C@@H]2C[C@@H]3CC[C@]2(C)C[C@]32NC(=O)c3ccccc3N2)C1. The van der Waals surface area contributed by atoms with Crippen LogP contribution < -0.4 is 10.6 Å². The summed E-state index contributed by atoms with van der Waals surface area (Å²) in [5.74, 6) is 1.89. The van der Waals surface area contributed by atoms with Crippen LogP contribution in [0.15, 0.2) is 24.3 Å². The Labute approximate surface area is 173 Å². The van der Waals surface area contributed by atoms with E-state index < -0.39 is 5.66 Å². The second-order valence-corrected chi connectivity index (χ2v) is 10.6. The number of rotatable bonds is 1. The van der Waals surface area contributed by atoms with E-state index in [0.29, 0.717) is 23.3 Å². The van der Waals surface area contributed by atoms with Gasteiger partial charge in [-0.2, -0.15) is 0 Å².